The van der Waals surface area contributed by atoms with Crippen molar-refractivity contribution in [1.29, 1.82) is 0 Å². The second kappa shape index (κ2) is 4.94. The van der Waals surface area contributed by atoms with Crippen LogP contribution in [-0.4, -0.2) is 24.9 Å². The Morgan fingerprint density at radius 1 is 1.24 bits per heavy atom. The molecule has 0 saturated heterocycles. The highest BCUT2D eigenvalue weighted by molar-refractivity contribution is 5.48. The third-order valence-corrected chi connectivity index (χ3v) is 2.76. The molecule has 96 valence electrons. The van der Waals surface area contributed by atoms with Gasteiger partial charge in [0.1, 0.15) is 17.6 Å². The lowest BCUT2D eigenvalue weighted by atomic mass is 9.89. The molecular weight excluding hydrogens is 218 g/mol. The molecule has 0 radical (unpaired) electrons. The van der Waals surface area contributed by atoms with Gasteiger partial charge in [-0.15, -0.1) is 0 Å². The highest BCUT2D eigenvalue weighted by atomic mass is 16.5. The van der Waals surface area contributed by atoms with Gasteiger partial charge in [-0.25, -0.2) is 0 Å². The van der Waals surface area contributed by atoms with E-state index in [2.05, 4.69) is 0 Å². The molecule has 1 rings (SSSR count). The summed E-state index contributed by atoms with van der Waals surface area (Å²) < 4.78 is 10.5. The molecule has 1 aromatic rings. The van der Waals surface area contributed by atoms with Gasteiger partial charge in [-0.3, -0.25) is 0 Å². The van der Waals surface area contributed by atoms with Crippen molar-refractivity contribution in [2.45, 2.75) is 32.4 Å². The zero-order chi connectivity index (χ0) is 13.2. The van der Waals surface area contributed by atoms with Gasteiger partial charge in [0.25, 0.3) is 0 Å². The molecular formula is C13H21NO3. The van der Waals surface area contributed by atoms with Gasteiger partial charge >= 0.3 is 0 Å². The topological polar surface area (TPSA) is 64.7 Å². The first kappa shape index (κ1) is 13.8. The Morgan fingerprint density at radius 3 is 2.24 bits per heavy atom. The molecule has 0 heterocycles. The van der Waals surface area contributed by atoms with E-state index in [1.807, 2.05) is 13.0 Å². The summed E-state index contributed by atoms with van der Waals surface area (Å²) in [5.41, 5.74) is 6.81. The van der Waals surface area contributed by atoms with Crippen molar-refractivity contribution in [3.8, 4) is 11.5 Å². The number of nitrogens with two attached hydrogens (primary N) is 1. The first-order chi connectivity index (χ1) is 7.81. The van der Waals surface area contributed by atoms with Crippen LogP contribution in [0.5, 0.6) is 11.5 Å². The van der Waals surface area contributed by atoms with Crippen LogP contribution in [0.1, 0.15) is 31.1 Å². The molecule has 17 heavy (non-hydrogen) atoms. The van der Waals surface area contributed by atoms with Crippen LogP contribution < -0.4 is 15.2 Å². The van der Waals surface area contributed by atoms with E-state index in [-0.39, 0.29) is 0 Å². The van der Waals surface area contributed by atoms with Crippen LogP contribution in [-0.2, 0) is 0 Å². The van der Waals surface area contributed by atoms with Crippen LogP contribution in [0.2, 0.25) is 0 Å². The minimum absolute atomic E-state index is 0.591. The highest BCUT2D eigenvalue weighted by Gasteiger charge is 2.29. The van der Waals surface area contributed by atoms with Crippen LogP contribution in [0.15, 0.2) is 12.1 Å². The van der Waals surface area contributed by atoms with E-state index in [4.69, 9.17) is 15.2 Å². The van der Waals surface area contributed by atoms with Gasteiger partial charge < -0.3 is 20.3 Å². The quantitative estimate of drug-likeness (QED) is 0.840. The van der Waals surface area contributed by atoms with E-state index in [1.165, 1.54) is 0 Å². The van der Waals surface area contributed by atoms with E-state index in [0.717, 1.165) is 5.56 Å². The second-order valence-corrected chi connectivity index (χ2v) is 4.78. The molecule has 0 spiro atoms. The summed E-state index contributed by atoms with van der Waals surface area (Å²) in [4.78, 5) is 0. The summed E-state index contributed by atoms with van der Waals surface area (Å²) in [5.74, 6) is 1.29. The van der Waals surface area contributed by atoms with E-state index in [9.17, 15) is 5.11 Å². The van der Waals surface area contributed by atoms with E-state index >= 15 is 0 Å². The maximum Gasteiger partial charge on any atom is 0.128 e. The van der Waals surface area contributed by atoms with Crippen LogP contribution in [0, 0.1) is 6.92 Å². The maximum atomic E-state index is 10.3. The molecule has 1 unspecified atom stereocenters. The van der Waals surface area contributed by atoms with Crippen molar-refractivity contribution < 1.29 is 14.6 Å². The zero-order valence-electron chi connectivity index (χ0n) is 11.1. The Kier molecular flexibility index (Phi) is 4.01. The number of ether oxygens (including phenoxy) is 2. The summed E-state index contributed by atoms with van der Waals surface area (Å²) in [6, 6.07) is 3.60. The minimum Gasteiger partial charge on any atom is -0.497 e. The van der Waals surface area contributed by atoms with Gasteiger partial charge in [0.05, 0.1) is 14.2 Å². The molecule has 3 N–H and O–H groups in total. The Balaban J connectivity index is 3.32. The molecule has 0 bridgehead atoms. The van der Waals surface area contributed by atoms with Crippen molar-refractivity contribution in [3.05, 3.63) is 23.3 Å². The van der Waals surface area contributed by atoms with Crippen molar-refractivity contribution in [1.82, 2.24) is 0 Å². The normalized spacial score (nSPS) is 13.4. The van der Waals surface area contributed by atoms with Gasteiger partial charge in [-0.1, -0.05) is 0 Å². The monoisotopic (exact) mass is 239 g/mol. The number of aliphatic hydroxyl groups is 1. The third kappa shape index (κ3) is 2.90. The molecule has 0 amide bonds. The Morgan fingerprint density at radius 2 is 1.82 bits per heavy atom. The van der Waals surface area contributed by atoms with Gasteiger partial charge in [0, 0.05) is 17.2 Å². The molecule has 4 heteroatoms. The number of aliphatic hydroxyl groups excluding tert-OH is 1. The first-order valence-corrected chi connectivity index (χ1v) is 5.50. The van der Waals surface area contributed by atoms with Crippen LogP contribution in [0.4, 0.5) is 0 Å². The van der Waals surface area contributed by atoms with E-state index in [0.29, 0.717) is 17.1 Å². The molecule has 1 aromatic carbocycles. The maximum absolute atomic E-state index is 10.3. The number of methoxy groups -OCH3 is 2. The lowest BCUT2D eigenvalue weighted by molar-refractivity contribution is 0.101. The lowest BCUT2D eigenvalue weighted by Crippen LogP contribution is -2.39. The van der Waals surface area contributed by atoms with Gasteiger partial charge in [0.2, 0.25) is 0 Å². The third-order valence-electron chi connectivity index (χ3n) is 2.76. The van der Waals surface area contributed by atoms with Crippen molar-refractivity contribution in [2.24, 2.45) is 5.73 Å². The smallest absolute Gasteiger partial charge is 0.128 e. The summed E-state index contributed by atoms with van der Waals surface area (Å²) in [6.45, 7) is 5.46. The SMILES string of the molecule is COc1cc(C)c(C(O)C(C)(C)N)c(OC)c1. The Bertz CT molecular complexity index is 396. The fraction of sp³-hybridized carbons (Fsp3) is 0.538. The van der Waals surface area contributed by atoms with E-state index < -0.39 is 11.6 Å². The molecule has 4 nitrogen and oxygen atoms in total. The number of hydrogen-bond donors (Lipinski definition) is 2. The molecule has 0 fully saturated rings. The zero-order valence-corrected chi connectivity index (χ0v) is 11.1. The molecule has 0 aliphatic rings. The molecule has 0 aromatic heterocycles. The Labute approximate surface area is 102 Å². The van der Waals surface area contributed by atoms with Crippen LogP contribution >= 0.6 is 0 Å². The molecule has 0 aliphatic heterocycles. The first-order valence-electron chi connectivity index (χ1n) is 5.50. The summed E-state index contributed by atoms with van der Waals surface area (Å²) in [7, 11) is 3.16. The average Bonchev–Trinajstić information content (AvgIpc) is 2.25. The molecule has 0 aliphatic carbocycles. The predicted molar refractivity (Wildman–Crippen MR) is 67.5 cm³/mol. The molecule has 0 saturated carbocycles. The highest BCUT2D eigenvalue weighted by Crippen LogP contribution is 2.36. The second-order valence-electron chi connectivity index (χ2n) is 4.78. The summed E-state index contributed by atoms with van der Waals surface area (Å²) in [6.07, 6.45) is -0.789. The predicted octanol–water partition coefficient (Wildman–Crippen LogP) is 1.78. The van der Waals surface area contributed by atoms with Gasteiger partial charge in [-0.2, -0.15) is 0 Å². The van der Waals surface area contributed by atoms with Crippen molar-refractivity contribution in [2.75, 3.05) is 14.2 Å². The van der Waals surface area contributed by atoms with Crippen molar-refractivity contribution in [3.63, 3.8) is 0 Å². The fourth-order valence-electron chi connectivity index (χ4n) is 1.74. The molecule has 1 atom stereocenters. The number of aryl methyl sites for hydroxylation is 1. The largest absolute Gasteiger partial charge is 0.497 e. The van der Waals surface area contributed by atoms with Crippen LogP contribution in [0.25, 0.3) is 0 Å². The Hall–Kier alpha value is -1.26. The summed E-state index contributed by atoms with van der Waals surface area (Å²) >= 11 is 0. The fourth-order valence-corrected chi connectivity index (χ4v) is 1.74. The van der Waals surface area contributed by atoms with Gasteiger partial charge in [0.15, 0.2) is 0 Å². The van der Waals surface area contributed by atoms with Crippen molar-refractivity contribution >= 4 is 0 Å². The number of rotatable bonds is 4. The van der Waals surface area contributed by atoms with Gasteiger partial charge in [-0.05, 0) is 32.4 Å². The summed E-state index contributed by atoms with van der Waals surface area (Å²) in [5, 5.41) is 10.3. The number of hydrogen-bond acceptors (Lipinski definition) is 4. The van der Waals surface area contributed by atoms with E-state index in [1.54, 1.807) is 34.1 Å². The number of benzene rings is 1. The standard InChI is InChI=1S/C13H21NO3/c1-8-6-9(16-4)7-10(17-5)11(8)12(15)13(2,3)14/h6-7,12,15H,14H2,1-5H3. The lowest BCUT2D eigenvalue weighted by Gasteiger charge is -2.28. The average molecular weight is 239 g/mol. The minimum atomic E-state index is -0.789. The van der Waals surface area contributed by atoms with Crippen LogP contribution in [0.3, 0.4) is 0 Å².